The lowest BCUT2D eigenvalue weighted by Crippen LogP contribution is -2.20. The molecule has 2 aromatic heterocycles. The third kappa shape index (κ3) is 4.32. The Bertz CT molecular complexity index is 1520. The van der Waals surface area contributed by atoms with Crippen molar-refractivity contribution in [1.82, 2.24) is 30.0 Å². The molecule has 10 heteroatoms. The van der Waals surface area contributed by atoms with Crippen molar-refractivity contribution in [3.63, 3.8) is 0 Å². The molecule has 0 bridgehead atoms. The van der Waals surface area contributed by atoms with Crippen LogP contribution in [0.25, 0.3) is 22.6 Å². The Morgan fingerprint density at radius 3 is 2.26 bits per heavy atom. The SMILES string of the molecule is COc1ccc(-c2[nH]n(-c3ccccc3)c(=O)c2/C(C)=N/Nc2nnnn2-c2ccccc2)cc1. The van der Waals surface area contributed by atoms with Crippen molar-refractivity contribution in [2.75, 3.05) is 12.5 Å². The van der Waals surface area contributed by atoms with Gasteiger partial charge in [0.15, 0.2) is 0 Å². The van der Waals surface area contributed by atoms with Gasteiger partial charge in [-0.2, -0.15) is 9.78 Å². The Hall–Kier alpha value is -4.99. The maximum atomic E-state index is 13.5. The molecule has 2 heterocycles. The fourth-order valence-corrected chi connectivity index (χ4v) is 3.69. The number of nitrogens with one attached hydrogen (secondary N) is 2. The van der Waals surface area contributed by atoms with Gasteiger partial charge in [-0.3, -0.25) is 9.89 Å². The van der Waals surface area contributed by atoms with Crippen molar-refractivity contribution >= 4 is 11.7 Å². The van der Waals surface area contributed by atoms with E-state index in [0.717, 1.165) is 17.0 Å². The van der Waals surface area contributed by atoms with Gasteiger partial charge >= 0.3 is 0 Å². The number of methoxy groups -OCH3 is 1. The standard InChI is InChI=1S/C25H22N8O2/c1-17(26-27-25-28-30-31-33(25)20-11-7-4-8-12-20)22-23(18-13-15-21(35-2)16-14-18)29-32(24(22)34)19-9-5-3-6-10-19/h3-16,29H,1-2H3,(H,27,28,31)/b26-17+. The molecule has 0 aliphatic rings. The first kappa shape index (κ1) is 21.8. The van der Waals surface area contributed by atoms with Crippen molar-refractivity contribution in [3.05, 3.63) is 101 Å². The van der Waals surface area contributed by atoms with Crippen LogP contribution in [-0.2, 0) is 0 Å². The summed E-state index contributed by atoms with van der Waals surface area (Å²) in [6.45, 7) is 1.76. The maximum Gasteiger partial charge on any atom is 0.281 e. The molecule has 0 fully saturated rings. The Morgan fingerprint density at radius 1 is 0.943 bits per heavy atom. The predicted molar refractivity (Wildman–Crippen MR) is 133 cm³/mol. The van der Waals surface area contributed by atoms with Crippen molar-refractivity contribution < 1.29 is 4.74 Å². The monoisotopic (exact) mass is 466 g/mol. The van der Waals surface area contributed by atoms with Crippen LogP contribution in [0.1, 0.15) is 12.5 Å². The lowest BCUT2D eigenvalue weighted by Gasteiger charge is -2.06. The third-order valence-corrected chi connectivity index (χ3v) is 5.44. The minimum absolute atomic E-state index is 0.229. The number of hydrazone groups is 1. The van der Waals surface area contributed by atoms with Gasteiger partial charge in [0.25, 0.3) is 11.5 Å². The number of tetrazole rings is 1. The van der Waals surface area contributed by atoms with Crippen LogP contribution < -0.4 is 15.7 Å². The van der Waals surface area contributed by atoms with Crippen LogP contribution in [0.15, 0.2) is 94.8 Å². The molecule has 35 heavy (non-hydrogen) atoms. The molecular formula is C25H22N8O2. The molecule has 0 saturated heterocycles. The highest BCUT2D eigenvalue weighted by Gasteiger charge is 2.20. The highest BCUT2D eigenvalue weighted by Crippen LogP contribution is 2.24. The number of hydrogen-bond donors (Lipinski definition) is 2. The zero-order chi connectivity index (χ0) is 24.2. The van der Waals surface area contributed by atoms with Crippen LogP contribution in [0.4, 0.5) is 5.95 Å². The number of aromatic amines is 1. The van der Waals surface area contributed by atoms with E-state index in [1.165, 1.54) is 9.36 Å². The molecular weight excluding hydrogens is 444 g/mol. The Morgan fingerprint density at radius 2 is 1.60 bits per heavy atom. The highest BCUT2D eigenvalue weighted by molar-refractivity contribution is 6.03. The molecule has 10 nitrogen and oxygen atoms in total. The fourth-order valence-electron chi connectivity index (χ4n) is 3.69. The van der Waals surface area contributed by atoms with E-state index < -0.39 is 0 Å². The molecule has 174 valence electrons. The molecule has 0 radical (unpaired) electrons. The quantitative estimate of drug-likeness (QED) is 0.279. The molecule has 0 atom stereocenters. The number of H-pyrrole nitrogens is 1. The smallest absolute Gasteiger partial charge is 0.281 e. The van der Waals surface area contributed by atoms with E-state index in [9.17, 15) is 4.79 Å². The first-order valence-corrected chi connectivity index (χ1v) is 10.8. The lowest BCUT2D eigenvalue weighted by molar-refractivity contribution is 0.415. The molecule has 0 aliphatic carbocycles. The normalized spacial score (nSPS) is 11.4. The molecule has 5 aromatic rings. The Balaban J connectivity index is 1.57. The van der Waals surface area contributed by atoms with E-state index in [2.05, 4.69) is 31.2 Å². The number of hydrogen-bond acceptors (Lipinski definition) is 7. The molecule has 0 spiro atoms. The first-order chi connectivity index (χ1) is 17.2. The minimum atomic E-state index is -0.229. The predicted octanol–water partition coefficient (Wildman–Crippen LogP) is 3.65. The van der Waals surface area contributed by atoms with Gasteiger partial charge in [0.2, 0.25) is 0 Å². The van der Waals surface area contributed by atoms with E-state index in [4.69, 9.17) is 4.74 Å². The second kappa shape index (κ2) is 9.48. The van der Waals surface area contributed by atoms with Gasteiger partial charge in [-0.05, 0) is 65.9 Å². The van der Waals surface area contributed by atoms with Gasteiger partial charge in [-0.25, -0.2) is 10.1 Å². The summed E-state index contributed by atoms with van der Waals surface area (Å²) in [6.07, 6.45) is 0. The molecule has 5 rings (SSSR count). The second-order valence-electron chi connectivity index (χ2n) is 7.63. The first-order valence-electron chi connectivity index (χ1n) is 10.8. The number of para-hydroxylation sites is 2. The van der Waals surface area contributed by atoms with Crippen LogP contribution in [0.5, 0.6) is 5.75 Å². The number of nitrogens with zero attached hydrogens (tertiary/aromatic N) is 6. The van der Waals surface area contributed by atoms with Gasteiger partial charge in [0, 0.05) is 5.56 Å². The number of rotatable bonds is 7. The Kier molecular flexibility index (Phi) is 5.91. The summed E-state index contributed by atoms with van der Waals surface area (Å²) in [5.74, 6) is 1.04. The average molecular weight is 467 g/mol. The van der Waals surface area contributed by atoms with Gasteiger partial charge in [-0.15, -0.1) is 0 Å². The molecule has 3 aromatic carbocycles. The van der Waals surface area contributed by atoms with E-state index in [1.54, 1.807) is 14.0 Å². The number of anilines is 1. The summed E-state index contributed by atoms with van der Waals surface area (Å²) >= 11 is 0. The van der Waals surface area contributed by atoms with Crippen molar-refractivity contribution in [2.45, 2.75) is 6.92 Å². The van der Waals surface area contributed by atoms with Crippen molar-refractivity contribution in [1.29, 1.82) is 0 Å². The lowest BCUT2D eigenvalue weighted by atomic mass is 10.1. The van der Waals surface area contributed by atoms with Crippen LogP contribution in [0, 0.1) is 0 Å². The van der Waals surface area contributed by atoms with Crippen LogP contribution >= 0.6 is 0 Å². The summed E-state index contributed by atoms with van der Waals surface area (Å²) in [5.41, 5.74) is 6.50. The molecule has 0 saturated carbocycles. The van der Waals surface area contributed by atoms with Gasteiger partial charge in [-0.1, -0.05) is 41.5 Å². The van der Waals surface area contributed by atoms with E-state index >= 15 is 0 Å². The van der Waals surface area contributed by atoms with Crippen molar-refractivity contribution in [2.24, 2.45) is 5.10 Å². The minimum Gasteiger partial charge on any atom is -0.497 e. The topological polar surface area (TPSA) is 115 Å². The van der Waals surface area contributed by atoms with Crippen LogP contribution in [0.2, 0.25) is 0 Å². The average Bonchev–Trinajstić information content (AvgIpc) is 3.53. The Labute approximate surface area is 200 Å². The number of ether oxygens (including phenoxy) is 1. The summed E-state index contributed by atoms with van der Waals surface area (Å²) < 4.78 is 8.31. The zero-order valence-electron chi connectivity index (χ0n) is 19.1. The summed E-state index contributed by atoms with van der Waals surface area (Å²) in [5, 5.41) is 19.5. The summed E-state index contributed by atoms with van der Waals surface area (Å²) in [6, 6.07) is 26.3. The molecule has 0 amide bonds. The van der Waals surface area contributed by atoms with Crippen LogP contribution in [0.3, 0.4) is 0 Å². The van der Waals surface area contributed by atoms with Gasteiger partial charge in [0.05, 0.1) is 35.5 Å². The van der Waals surface area contributed by atoms with E-state index in [1.807, 2.05) is 84.9 Å². The summed E-state index contributed by atoms with van der Waals surface area (Å²) in [7, 11) is 1.61. The molecule has 0 aliphatic heterocycles. The van der Waals surface area contributed by atoms with E-state index in [-0.39, 0.29) is 5.56 Å². The zero-order valence-corrected chi connectivity index (χ0v) is 19.1. The van der Waals surface area contributed by atoms with Gasteiger partial charge < -0.3 is 4.74 Å². The second-order valence-corrected chi connectivity index (χ2v) is 7.63. The third-order valence-electron chi connectivity index (χ3n) is 5.44. The van der Waals surface area contributed by atoms with E-state index in [0.29, 0.717) is 28.6 Å². The van der Waals surface area contributed by atoms with Crippen molar-refractivity contribution in [3.8, 4) is 28.4 Å². The number of benzene rings is 3. The van der Waals surface area contributed by atoms with Gasteiger partial charge in [0.1, 0.15) is 5.75 Å². The largest absolute Gasteiger partial charge is 0.497 e. The summed E-state index contributed by atoms with van der Waals surface area (Å²) in [4.78, 5) is 13.5. The van der Waals surface area contributed by atoms with Crippen LogP contribution in [-0.4, -0.2) is 42.8 Å². The highest BCUT2D eigenvalue weighted by atomic mass is 16.5. The maximum absolute atomic E-state index is 13.5. The number of aromatic nitrogens is 6. The fraction of sp³-hybridized carbons (Fsp3) is 0.0800. The molecule has 0 unspecified atom stereocenters. The molecule has 2 N–H and O–H groups in total.